The second-order valence-corrected chi connectivity index (χ2v) is 5.41. The molecule has 0 aromatic carbocycles. The molecule has 1 atom stereocenters. The van der Waals surface area contributed by atoms with E-state index in [0.717, 1.165) is 32.7 Å². The van der Waals surface area contributed by atoms with Crippen LogP contribution >= 0.6 is 0 Å². The first-order valence-corrected chi connectivity index (χ1v) is 7.65. The van der Waals surface area contributed by atoms with Crippen molar-refractivity contribution >= 4 is 0 Å². The Kier molecular flexibility index (Phi) is 7.84. The van der Waals surface area contributed by atoms with Gasteiger partial charge in [0.15, 0.2) is 0 Å². The SMILES string of the molecule is CCCNC(c1ccn(CCCOCC)c1)C(C)C. The van der Waals surface area contributed by atoms with Gasteiger partial charge in [-0.05, 0) is 43.9 Å². The fourth-order valence-corrected chi connectivity index (χ4v) is 2.31. The van der Waals surface area contributed by atoms with E-state index in [9.17, 15) is 0 Å². The first-order chi connectivity index (χ1) is 9.19. The Morgan fingerprint density at radius 2 is 2.11 bits per heavy atom. The van der Waals surface area contributed by atoms with Crippen molar-refractivity contribution < 1.29 is 4.74 Å². The Labute approximate surface area is 118 Å². The molecule has 0 radical (unpaired) electrons. The number of hydrogen-bond donors (Lipinski definition) is 1. The minimum atomic E-state index is 0.466. The van der Waals surface area contributed by atoms with Gasteiger partial charge in [0.1, 0.15) is 0 Å². The lowest BCUT2D eigenvalue weighted by Gasteiger charge is -2.21. The smallest absolute Gasteiger partial charge is 0.0482 e. The van der Waals surface area contributed by atoms with Crippen molar-refractivity contribution in [2.45, 2.75) is 53.1 Å². The van der Waals surface area contributed by atoms with Crippen molar-refractivity contribution in [3.63, 3.8) is 0 Å². The molecule has 3 nitrogen and oxygen atoms in total. The molecule has 0 saturated carbocycles. The van der Waals surface area contributed by atoms with E-state index in [1.807, 2.05) is 6.92 Å². The molecular weight excluding hydrogens is 236 g/mol. The quantitative estimate of drug-likeness (QED) is 0.655. The summed E-state index contributed by atoms with van der Waals surface area (Å²) in [5.74, 6) is 0.617. The third kappa shape index (κ3) is 5.79. The van der Waals surface area contributed by atoms with Crippen molar-refractivity contribution in [3.05, 3.63) is 24.0 Å². The summed E-state index contributed by atoms with van der Waals surface area (Å²) in [7, 11) is 0. The van der Waals surface area contributed by atoms with Gasteiger partial charge in [0.05, 0.1) is 0 Å². The number of nitrogens with one attached hydrogen (secondary N) is 1. The van der Waals surface area contributed by atoms with Crippen LogP contribution in [0.15, 0.2) is 18.5 Å². The number of hydrogen-bond acceptors (Lipinski definition) is 2. The zero-order valence-electron chi connectivity index (χ0n) is 13.0. The fraction of sp³-hybridized carbons (Fsp3) is 0.750. The molecule has 1 aromatic heterocycles. The van der Waals surface area contributed by atoms with E-state index >= 15 is 0 Å². The van der Waals surface area contributed by atoms with Crippen molar-refractivity contribution in [3.8, 4) is 0 Å². The van der Waals surface area contributed by atoms with Crippen LogP contribution in [-0.4, -0.2) is 24.3 Å². The molecule has 1 heterocycles. The van der Waals surface area contributed by atoms with Gasteiger partial charge in [-0.3, -0.25) is 0 Å². The number of ether oxygens (including phenoxy) is 1. The Morgan fingerprint density at radius 1 is 1.32 bits per heavy atom. The predicted molar refractivity (Wildman–Crippen MR) is 81.4 cm³/mol. The second kappa shape index (κ2) is 9.16. The van der Waals surface area contributed by atoms with Crippen molar-refractivity contribution in [1.82, 2.24) is 9.88 Å². The molecule has 0 bridgehead atoms. The van der Waals surface area contributed by atoms with Crippen LogP contribution in [0.4, 0.5) is 0 Å². The summed E-state index contributed by atoms with van der Waals surface area (Å²) in [6, 6.07) is 2.71. The first-order valence-electron chi connectivity index (χ1n) is 7.65. The second-order valence-electron chi connectivity index (χ2n) is 5.41. The number of aryl methyl sites for hydroxylation is 1. The molecule has 19 heavy (non-hydrogen) atoms. The molecule has 110 valence electrons. The van der Waals surface area contributed by atoms with Crippen LogP contribution in [0.3, 0.4) is 0 Å². The third-order valence-electron chi connectivity index (χ3n) is 3.32. The molecule has 1 rings (SSSR count). The molecule has 3 heteroatoms. The third-order valence-corrected chi connectivity index (χ3v) is 3.32. The van der Waals surface area contributed by atoms with Crippen LogP contribution < -0.4 is 5.32 Å². The molecule has 0 saturated heterocycles. The molecule has 0 fully saturated rings. The topological polar surface area (TPSA) is 26.2 Å². The highest BCUT2D eigenvalue weighted by Gasteiger charge is 2.15. The molecule has 1 N–H and O–H groups in total. The molecule has 1 unspecified atom stereocenters. The average molecular weight is 266 g/mol. The minimum absolute atomic E-state index is 0.466. The first kappa shape index (κ1) is 16.3. The monoisotopic (exact) mass is 266 g/mol. The Bertz CT molecular complexity index is 333. The van der Waals surface area contributed by atoms with Crippen molar-refractivity contribution in [1.29, 1.82) is 0 Å². The van der Waals surface area contributed by atoms with Gasteiger partial charge in [0.2, 0.25) is 0 Å². The van der Waals surface area contributed by atoms with Crippen LogP contribution in [0.5, 0.6) is 0 Å². The Balaban J connectivity index is 2.50. The predicted octanol–water partition coefficient (Wildman–Crippen LogP) is 3.61. The maximum atomic E-state index is 5.38. The van der Waals surface area contributed by atoms with Gasteiger partial charge >= 0.3 is 0 Å². The zero-order chi connectivity index (χ0) is 14.1. The van der Waals surface area contributed by atoms with E-state index < -0.39 is 0 Å². The average Bonchev–Trinajstić information content (AvgIpc) is 2.83. The number of nitrogens with zero attached hydrogens (tertiary/aromatic N) is 1. The van der Waals surface area contributed by atoms with Crippen LogP contribution in [-0.2, 0) is 11.3 Å². The lowest BCUT2D eigenvalue weighted by Crippen LogP contribution is -2.26. The van der Waals surface area contributed by atoms with Crippen LogP contribution in [0.25, 0.3) is 0 Å². The normalized spacial score (nSPS) is 13.1. The van der Waals surface area contributed by atoms with Gasteiger partial charge in [-0.25, -0.2) is 0 Å². The highest BCUT2D eigenvalue weighted by atomic mass is 16.5. The standard InChI is InChI=1S/C16H30N2O/c1-5-9-17-16(14(3)4)15-8-11-18(13-15)10-7-12-19-6-2/h8,11,13-14,16-17H,5-7,9-10,12H2,1-4H3. The molecule has 0 aliphatic carbocycles. The molecule has 0 amide bonds. The zero-order valence-corrected chi connectivity index (χ0v) is 13.0. The van der Waals surface area contributed by atoms with E-state index in [1.54, 1.807) is 0 Å². The van der Waals surface area contributed by atoms with Gasteiger partial charge in [-0.15, -0.1) is 0 Å². The van der Waals surface area contributed by atoms with E-state index in [4.69, 9.17) is 4.74 Å². The van der Waals surface area contributed by atoms with Gasteiger partial charge in [-0.1, -0.05) is 20.8 Å². The fourth-order valence-electron chi connectivity index (χ4n) is 2.31. The van der Waals surface area contributed by atoms with Crippen LogP contribution in [0.2, 0.25) is 0 Å². The van der Waals surface area contributed by atoms with E-state index in [1.165, 1.54) is 12.0 Å². The summed E-state index contributed by atoms with van der Waals surface area (Å²) in [6.07, 6.45) is 6.72. The molecule has 0 aliphatic heterocycles. The molecular formula is C16H30N2O. The molecule has 1 aromatic rings. The van der Waals surface area contributed by atoms with Gasteiger partial charge in [0, 0.05) is 38.2 Å². The van der Waals surface area contributed by atoms with Crippen LogP contribution in [0, 0.1) is 5.92 Å². The van der Waals surface area contributed by atoms with Gasteiger partial charge in [-0.2, -0.15) is 0 Å². The number of rotatable bonds is 10. The summed E-state index contributed by atoms with van der Waals surface area (Å²) in [5.41, 5.74) is 1.40. The van der Waals surface area contributed by atoms with E-state index in [0.29, 0.717) is 12.0 Å². The Hall–Kier alpha value is -0.800. The maximum Gasteiger partial charge on any atom is 0.0482 e. The van der Waals surface area contributed by atoms with Gasteiger partial charge < -0.3 is 14.6 Å². The Morgan fingerprint density at radius 3 is 2.74 bits per heavy atom. The summed E-state index contributed by atoms with van der Waals surface area (Å²) in [4.78, 5) is 0. The highest BCUT2D eigenvalue weighted by molar-refractivity contribution is 5.16. The molecule has 0 spiro atoms. The summed E-state index contributed by atoms with van der Waals surface area (Å²) >= 11 is 0. The summed E-state index contributed by atoms with van der Waals surface area (Å²) in [6.45, 7) is 12.6. The number of aromatic nitrogens is 1. The minimum Gasteiger partial charge on any atom is -0.382 e. The van der Waals surface area contributed by atoms with E-state index in [2.05, 4.69) is 49.1 Å². The van der Waals surface area contributed by atoms with Crippen molar-refractivity contribution in [2.24, 2.45) is 5.92 Å². The lowest BCUT2D eigenvalue weighted by atomic mass is 9.98. The molecule has 0 aliphatic rings. The van der Waals surface area contributed by atoms with E-state index in [-0.39, 0.29) is 0 Å². The summed E-state index contributed by atoms with van der Waals surface area (Å²) in [5, 5.41) is 3.64. The summed E-state index contributed by atoms with van der Waals surface area (Å²) < 4.78 is 7.65. The van der Waals surface area contributed by atoms with Crippen LogP contribution in [0.1, 0.15) is 52.1 Å². The van der Waals surface area contributed by atoms with Gasteiger partial charge in [0.25, 0.3) is 0 Å². The highest BCUT2D eigenvalue weighted by Crippen LogP contribution is 2.22. The largest absolute Gasteiger partial charge is 0.382 e. The maximum absolute atomic E-state index is 5.38. The van der Waals surface area contributed by atoms with Crippen molar-refractivity contribution in [2.75, 3.05) is 19.8 Å². The lowest BCUT2D eigenvalue weighted by molar-refractivity contribution is 0.141.